The molecule has 5 heteroatoms. The quantitative estimate of drug-likeness (QED) is 0.467. The van der Waals surface area contributed by atoms with E-state index in [1.165, 1.54) is 0 Å². The van der Waals surface area contributed by atoms with Crippen LogP contribution >= 0.6 is 0 Å². The third-order valence-electron chi connectivity index (χ3n) is 7.07. The zero-order chi connectivity index (χ0) is 21.7. The van der Waals surface area contributed by atoms with Gasteiger partial charge in [0.2, 0.25) is 0 Å². The molecule has 2 aromatic carbocycles. The number of hydrogen-bond donors (Lipinski definition) is 0. The van der Waals surface area contributed by atoms with Crippen molar-refractivity contribution in [3.05, 3.63) is 82.9 Å². The normalized spacial score (nSPS) is 21.0. The molecule has 0 radical (unpaired) electrons. The lowest BCUT2D eigenvalue weighted by atomic mass is 9.97. The number of fused-ring (bicyclic) bond motifs is 2. The fourth-order valence-electron chi connectivity index (χ4n) is 5.16. The Morgan fingerprint density at radius 1 is 0.938 bits per heavy atom. The first-order chi connectivity index (χ1) is 15.7. The van der Waals surface area contributed by atoms with Crippen molar-refractivity contribution < 1.29 is 0 Å². The molecule has 1 aliphatic carbocycles. The monoisotopic (exact) mass is 420 g/mol. The van der Waals surface area contributed by atoms with Crippen molar-refractivity contribution in [2.75, 3.05) is 18.0 Å². The standard InChI is InChI=1S/C27H24N4O/c28-17-18-10-13-30(14-11-18)24-7-3-5-20-12-15-31(27(32)26(20)24)25-16-21(25)23-9-8-19-4-1-2-6-22(19)29-23/h1-9,12,15,18,21,25H,10-11,13-14,16H2/t21-,25+/m0/s1. The Morgan fingerprint density at radius 2 is 1.75 bits per heavy atom. The summed E-state index contributed by atoms with van der Waals surface area (Å²) in [6.07, 6.45) is 4.59. The number of rotatable bonds is 3. The molecule has 3 heterocycles. The summed E-state index contributed by atoms with van der Waals surface area (Å²) in [6, 6.07) is 23.1. The van der Waals surface area contributed by atoms with Gasteiger partial charge in [-0.15, -0.1) is 0 Å². The molecule has 0 unspecified atom stereocenters. The molecule has 2 aromatic heterocycles. The maximum absolute atomic E-state index is 13.6. The van der Waals surface area contributed by atoms with Gasteiger partial charge in [0.05, 0.1) is 22.7 Å². The number of hydrogen-bond acceptors (Lipinski definition) is 4. The minimum Gasteiger partial charge on any atom is -0.371 e. The van der Waals surface area contributed by atoms with Crippen molar-refractivity contribution in [1.29, 1.82) is 5.26 Å². The maximum Gasteiger partial charge on any atom is 0.260 e. The average molecular weight is 421 g/mol. The Morgan fingerprint density at radius 3 is 2.59 bits per heavy atom. The Kier molecular flexibility index (Phi) is 4.46. The van der Waals surface area contributed by atoms with Gasteiger partial charge >= 0.3 is 0 Å². The highest BCUT2D eigenvalue weighted by atomic mass is 16.1. The SMILES string of the molecule is N#CC1CCN(c2cccc3ccn([C@@H]4C[C@H]4c4ccc5ccccc5n4)c(=O)c23)CC1. The van der Waals surface area contributed by atoms with Gasteiger partial charge in [-0.05, 0) is 48.9 Å². The molecule has 6 rings (SSSR count). The van der Waals surface area contributed by atoms with Gasteiger partial charge in [-0.2, -0.15) is 5.26 Å². The molecule has 0 spiro atoms. The second kappa shape index (κ2) is 7.49. The number of nitrogens with zero attached hydrogens (tertiary/aromatic N) is 4. The molecule has 1 aliphatic heterocycles. The van der Waals surface area contributed by atoms with Crippen molar-refractivity contribution >= 4 is 27.4 Å². The summed E-state index contributed by atoms with van der Waals surface area (Å²) in [7, 11) is 0. The van der Waals surface area contributed by atoms with Crippen LogP contribution in [0.2, 0.25) is 0 Å². The molecule has 0 amide bonds. The molecule has 2 fully saturated rings. The van der Waals surface area contributed by atoms with E-state index in [-0.39, 0.29) is 23.4 Å². The number of aromatic nitrogens is 2. The van der Waals surface area contributed by atoms with E-state index in [4.69, 9.17) is 4.98 Å². The van der Waals surface area contributed by atoms with E-state index in [1.54, 1.807) is 0 Å². The fraction of sp³-hybridized carbons (Fsp3) is 0.296. The van der Waals surface area contributed by atoms with Gasteiger partial charge in [0.1, 0.15) is 0 Å². The van der Waals surface area contributed by atoms with Gasteiger partial charge in [0, 0.05) is 48.2 Å². The number of benzene rings is 2. The van der Waals surface area contributed by atoms with E-state index < -0.39 is 0 Å². The van der Waals surface area contributed by atoms with Gasteiger partial charge in [0.25, 0.3) is 5.56 Å². The van der Waals surface area contributed by atoms with Crippen LogP contribution in [-0.4, -0.2) is 22.6 Å². The van der Waals surface area contributed by atoms with Crippen LogP contribution in [0.25, 0.3) is 21.7 Å². The minimum atomic E-state index is 0.0776. The summed E-state index contributed by atoms with van der Waals surface area (Å²) >= 11 is 0. The molecule has 2 aliphatic rings. The van der Waals surface area contributed by atoms with Crippen molar-refractivity contribution in [3.63, 3.8) is 0 Å². The Bertz CT molecular complexity index is 1430. The molecule has 1 saturated carbocycles. The van der Waals surface area contributed by atoms with Gasteiger partial charge < -0.3 is 9.47 Å². The van der Waals surface area contributed by atoms with E-state index in [0.717, 1.165) is 65.4 Å². The molecular weight excluding hydrogens is 396 g/mol. The molecule has 1 saturated heterocycles. The van der Waals surface area contributed by atoms with Crippen LogP contribution in [0.15, 0.2) is 71.7 Å². The summed E-state index contributed by atoms with van der Waals surface area (Å²) in [5, 5.41) is 12.1. The summed E-state index contributed by atoms with van der Waals surface area (Å²) in [6.45, 7) is 1.64. The van der Waals surface area contributed by atoms with Crippen molar-refractivity contribution in [2.45, 2.75) is 31.2 Å². The molecular formula is C27H24N4O. The van der Waals surface area contributed by atoms with Crippen LogP contribution in [0.5, 0.6) is 0 Å². The van der Waals surface area contributed by atoms with Crippen molar-refractivity contribution in [3.8, 4) is 6.07 Å². The Hall–Kier alpha value is -3.65. The molecule has 158 valence electrons. The summed E-state index contributed by atoms with van der Waals surface area (Å²) in [5.41, 5.74) is 3.14. The van der Waals surface area contributed by atoms with E-state index in [0.29, 0.717) is 0 Å². The molecule has 5 nitrogen and oxygen atoms in total. The number of piperidine rings is 1. The van der Waals surface area contributed by atoms with Gasteiger partial charge in [-0.3, -0.25) is 9.78 Å². The van der Waals surface area contributed by atoms with Gasteiger partial charge in [-0.25, -0.2) is 0 Å². The van der Waals surface area contributed by atoms with Crippen LogP contribution < -0.4 is 10.5 Å². The second-order valence-electron chi connectivity index (χ2n) is 9.00. The van der Waals surface area contributed by atoms with Crippen LogP contribution in [-0.2, 0) is 0 Å². The lowest BCUT2D eigenvalue weighted by Gasteiger charge is -2.31. The molecule has 32 heavy (non-hydrogen) atoms. The van der Waals surface area contributed by atoms with Gasteiger partial charge in [-0.1, -0.05) is 36.4 Å². The Labute approximate surface area is 186 Å². The third-order valence-corrected chi connectivity index (χ3v) is 7.07. The Balaban J connectivity index is 1.35. The van der Waals surface area contributed by atoms with Gasteiger partial charge in [0.15, 0.2) is 0 Å². The molecule has 0 bridgehead atoms. The summed E-state index contributed by atoms with van der Waals surface area (Å²) in [5.74, 6) is 0.396. The predicted molar refractivity (Wildman–Crippen MR) is 127 cm³/mol. The second-order valence-corrected chi connectivity index (χ2v) is 9.00. The van der Waals surface area contributed by atoms with E-state index >= 15 is 0 Å². The average Bonchev–Trinajstić information content (AvgIpc) is 3.64. The zero-order valence-corrected chi connectivity index (χ0v) is 17.8. The summed E-state index contributed by atoms with van der Waals surface area (Å²) in [4.78, 5) is 20.8. The van der Waals surface area contributed by atoms with Crippen LogP contribution in [0.3, 0.4) is 0 Å². The molecule has 4 aromatic rings. The first-order valence-corrected chi connectivity index (χ1v) is 11.4. The number of pyridine rings is 2. The van der Waals surface area contributed by atoms with Crippen molar-refractivity contribution in [2.24, 2.45) is 5.92 Å². The maximum atomic E-state index is 13.6. The lowest BCUT2D eigenvalue weighted by Crippen LogP contribution is -2.34. The molecule has 2 atom stereocenters. The third kappa shape index (κ3) is 3.15. The van der Waals surface area contributed by atoms with Crippen molar-refractivity contribution in [1.82, 2.24) is 9.55 Å². The summed E-state index contributed by atoms with van der Waals surface area (Å²) < 4.78 is 1.91. The first-order valence-electron chi connectivity index (χ1n) is 11.4. The number of anilines is 1. The fourth-order valence-corrected chi connectivity index (χ4v) is 5.16. The predicted octanol–water partition coefficient (Wildman–Crippen LogP) is 5.02. The van der Waals surface area contributed by atoms with Crippen LogP contribution in [0.4, 0.5) is 5.69 Å². The topological polar surface area (TPSA) is 61.9 Å². The minimum absolute atomic E-state index is 0.0776. The number of para-hydroxylation sites is 1. The highest BCUT2D eigenvalue weighted by Gasteiger charge is 2.41. The van der Waals surface area contributed by atoms with Crippen LogP contribution in [0.1, 0.15) is 36.9 Å². The zero-order valence-electron chi connectivity index (χ0n) is 17.8. The first kappa shape index (κ1) is 19.1. The highest BCUT2D eigenvalue weighted by Crippen LogP contribution is 2.50. The molecule has 0 N–H and O–H groups in total. The highest BCUT2D eigenvalue weighted by molar-refractivity contribution is 5.93. The number of nitriles is 1. The largest absolute Gasteiger partial charge is 0.371 e. The van der Waals surface area contributed by atoms with E-state index in [9.17, 15) is 10.1 Å². The smallest absolute Gasteiger partial charge is 0.260 e. The van der Waals surface area contributed by atoms with Crippen LogP contribution in [0, 0.1) is 17.2 Å². The van der Waals surface area contributed by atoms with E-state index in [1.807, 2.05) is 41.1 Å². The lowest BCUT2D eigenvalue weighted by molar-refractivity contribution is 0.488. The van der Waals surface area contributed by atoms with E-state index in [2.05, 4.69) is 41.3 Å².